The van der Waals surface area contributed by atoms with E-state index in [1.54, 1.807) is 11.8 Å². The summed E-state index contributed by atoms with van der Waals surface area (Å²) < 4.78 is 29.6. The van der Waals surface area contributed by atoms with Gasteiger partial charge in [-0.1, -0.05) is 17.8 Å². The quantitative estimate of drug-likeness (QED) is 0.622. The van der Waals surface area contributed by atoms with E-state index >= 15 is 0 Å². The van der Waals surface area contributed by atoms with E-state index in [1.807, 2.05) is 11.2 Å². The van der Waals surface area contributed by atoms with Crippen LogP contribution in [0.4, 0.5) is 14.6 Å². The van der Waals surface area contributed by atoms with Gasteiger partial charge in [-0.05, 0) is 18.4 Å². The lowest BCUT2D eigenvalue weighted by atomic mass is 10.1. The van der Waals surface area contributed by atoms with Gasteiger partial charge in [-0.2, -0.15) is 0 Å². The predicted octanol–water partition coefficient (Wildman–Crippen LogP) is 3.05. The van der Waals surface area contributed by atoms with Gasteiger partial charge in [0.25, 0.3) is 5.91 Å². The highest BCUT2D eigenvalue weighted by atomic mass is 32.2. The first kappa shape index (κ1) is 18.1. The summed E-state index contributed by atoms with van der Waals surface area (Å²) >= 11 is 3.08. The van der Waals surface area contributed by atoms with E-state index in [0.717, 1.165) is 27.0 Å². The Morgan fingerprint density at radius 2 is 1.85 bits per heavy atom. The van der Waals surface area contributed by atoms with Crippen molar-refractivity contribution in [1.82, 2.24) is 19.9 Å². The zero-order valence-electron chi connectivity index (χ0n) is 14.4. The molecule has 3 heterocycles. The van der Waals surface area contributed by atoms with Crippen LogP contribution in [0.3, 0.4) is 0 Å². The third-order valence-corrected chi connectivity index (χ3v) is 6.40. The van der Waals surface area contributed by atoms with Crippen LogP contribution in [0.5, 0.6) is 0 Å². The van der Waals surface area contributed by atoms with Crippen LogP contribution in [0, 0.1) is 11.6 Å². The van der Waals surface area contributed by atoms with Crippen molar-refractivity contribution in [3.63, 3.8) is 0 Å². The molecule has 27 heavy (non-hydrogen) atoms. The fraction of sp³-hybridized carbons (Fsp3) is 0.294. The van der Waals surface area contributed by atoms with Gasteiger partial charge in [0.1, 0.15) is 28.2 Å². The largest absolute Gasteiger partial charge is 0.352 e. The zero-order chi connectivity index (χ0) is 19.0. The fourth-order valence-electron chi connectivity index (χ4n) is 3.02. The number of halogens is 2. The topological polar surface area (TPSA) is 62.2 Å². The molecule has 0 radical (unpaired) electrons. The minimum atomic E-state index is -0.839. The number of anilines is 1. The van der Waals surface area contributed by atoms with Crippen molar-refractivity contribution in [3.05, 3.63) is 41.7 Å². The molecule has 6 nitrogen and oxygen atoms in total. The molecule has 0 N–H and O–H groups in total. The van der Waals surface area contributed by atoms with Gasteiger partial charge >= 0.3 is 0 Å². The van der Waals surface area contributed by atoms with Crippen LogP contribution in [0.2, 0.25) is 0 Å². The van der Waals surface area contributed by atoms with Crippen LogP contribution in [0.25, 0.3) is 10.3 Å². The third-order valence-electron chi connectivity index (χ3n) is 4.37. The Labute approximate surface area is 162 Å². The van der Waals surface area contributed by atoms with Crippen molar-refractivity contribution in [1.29, 1.82) is 0 Å². The fourth-order valence-corrected chi connectivity index (χ4v) is 4.55. The molecule has 1 fully saturated rings. The van der Waals surface area contributed by atoms with Crippen LogP contribution in [-0.2, 0) is 0 Å². The predicted molar refractivity (Wildman–Crippen MR) is 101 cm³/mol. The molecular formula is C17H15F2N5OS2. The average molecular weight is 407 g/mol. The lowest BCUT2D eigenvalue weighted by Crippen LogP contribution is -2.49. The summed E-state index contributed by atoms with van der Waals surface area (Å²) in [5.41, 5.74) is 0.156. The summed E-state index contributed by atoms with van der Waals surface area (Å²) in [6.45, 7) is 1.74. The molecule has 1 aliphatic rings. The molecule has 0 bridgehead atoms. The maximum Gasteiger partial charge on any atom is 0.259 e. The van der Waals surface area contributed by atoms with Gasteiger partial charge in [-0.15, -0.1) is 11.3 Å². The summed E-state index contributed by atoms with van der Waals surface area (Å²) in [5, 5.41) is 0. The van der Waals surface area contributed by atoms with E-state index in [9.17, 15) is 13.6 Å². The number of aromatic nitrogens is 3. The van der Waals surface area contributed by atoms with Crippen molar-refractivity contribution in [2.75, 3.05) is 37.3 Å². The number of carbonyl (C=O) groups is 1. The summed E-state index contributed by atoms with van der Waals surface area (Å²) in [5.74, 6) is -1.52. The van der Waals surface area contributed by atoms with E-state index < -0.39 is 23.1 Å². The number of thioether (sulfide) groups is 1. The monoisotopic (exact) mass is 407 g/mol. The molecule has 2 aromatic heterocycles. The summed E-state index contributed by atoms with van der Waals surface area (Å²) in [4.78, 5) is 29.1. The zero-order valence-corrected chi connectivity index (χ0v) is 16.0. The second kappa shape index (κ2) is 7.35. The molecule has 0 aliphatic carbocycles. The minimum absolute atomic E-state index is 0.353. The number of amides is 1. The molecule has 0 atom stereocenters. The van der Waals surface area contributed by atoms with Crippen LogP contribution < -0.4 is 4.90 Å². The Kier molecular flexibility index (Phi) is 4.92. The SMILES string of the molecule is CSc1nc2ncnc(N3CCN(C(=O)c4c(F)cccc4F)CC3)c2s1. The molecular weight excluding hydrogens is 392 g/mol. The molecule has 3 aromatic rings. The van der Waals surface area contributed by atoms with Crippen molar-refractivity contribution in [2.45, 2.75) is 4.34 Å². The molecule has 0 spiro atoms. The first-order valence-corrected chi connectivity index (χ1v) is 10.3. The maximum absolute atomic E-state index is 13.9. The van der Waals surface area contributed by atoms with Crippen molar-refractivity contribution < 1.29 is 13.6 Å². The summed E-state index contributed by atoms with van der Waals surface area (Å²) in [6.07, 6.45) is 3.44. The number of hydrogen-bond donors (Lipinski definition) is 0. The van der Waals surface area contributed by atoms with Gasteiger partial charge in [-0.25, -0.2) is 23.7 Å². The van der Waals surface area contributed by atoms with E-state index in [1.165, 1.54) is 28.6 Å². The van der Waals surface area contributed by atoms with Gasteiger partial charge in [-0.3, -0.25) is 4.79 Å². The molecule has 1 saturated heterocycles. The molecule has 10 heteroatoms. The lowest BCUT2D eigenvalue weighted by Gasteiger charge is -2.35. The van der Waals surface area contributed by atoms with E-state index in [4.69, 9.17) is 0 Å². The Morgan fingerprint density at radius 3 is 2.52 bits per heavy atom. The van der Waals surface area contributed by atoms with Crippen LogP contribution in [0.1, 0.15) is 10.4 Å². The van der Waals surface area contributed by atoms with E-state index in [2.05, 4.69) is 15.0 Å². The second-order valence-corrected chi connectivity index (χ2v) is 7.96. The number of thiazole rings is 1. The number of carbonyl (C=O) groups excluding carboxylic acids is 1. The molecule has 1 aliphatic heterocycles. The lowest BCUT2D eigenvalue weighted by molar-refractivity contribution is 0.0736. The van der Waals surface area contributed by atoms with Gasteiger partial charge in [0.05, 0.1) is 0 Å². The van der Waals surface area contributed by atoms with Crippen molar-refractivity contribution in [3.8, 4) is 0 Å². The van der Waals surface area contributed by atoms with Gasteiger partial charge in [0.2, 0.25) is 0 Å². The van der Waals surface area contributed by atoms with Crippen LogP contribution in [0.15, 0.2) is 28.9 Å². The number of piperazine rings is 1. The summed E-state index contributed by atoms with van der Waals surface area (Å²) in [7, 11) is 0. The first-order chi connectivity index (χ1) is 13.1. The Bertz CT molecular complexity index is 984. The third kappa shape index (κ3) is 3.34. The standard InChI is InChI=1S/C17H15F2N5OS2/c1-26-17-22-14-13(27-17)15(21-9-20-14)23-5-7-24(8-6-23)16(25)12-10(18)3-2-4-11(12)19/h2-4,9H,5-8H2,1H3. The van der Waals surface area contributed by atoms with Gasteiger partial charge in [0, 0.05) is 26.2 Å². The summed E-state index contributed by atoms with van der Waals surface area (Å²) in [6, 6.07) is 3.44. The highest BCUT2D eigenvalue weighted by Gasteiger charge is 2.28. The molecule has 0 saturated carbocycles. The van der Waals surface area contributed by atoms with Crippen LogP contribution in [-0.4, -0.2) is 58.2 Å². The van der Waals surface area contributed by atoms with Crippen LogP contribution >= 0.6 is 23.1 Å². The number of benzene rings is 1. The van der Waals surface area contributed by atoms with Crippen molar-refractivity contribution >= 4 is 45.2 Å². The Balaban J connectivity index is 1.53. The molecule has 1 amide bonds. The normalized spacial score (nSPS) is 14.8. The number of hydrogen-bond acceptors (Lipinski definition) is 7. The first-order valence-electron chi connectivity index (χ1n) is 8.22. The Morgan fingerprint density at radius 1 is 1.15 bits per heavy atom. The molecule has 0 unspecified atom stereocenters. The average Bonchev–Trinajstić information content (AvgIpc) is 3.11. The second-order valence-electron chi connectivity index (χ2n) is 5.91. The van der Waals surface area contributed by atoms with Gasteiger partial charge < -0.3 is 9.80 Å². The minimum Gasteiger partial charge on any atom is -0.352 e. The van der Waals surface area contributed by atoms with E-state index in [0.29, 0.717) is 31.8 Å². The maximum atomic E-state index is 13.9. The highest BCUT2D eigenvalue weighted by molar-refractivity contribution is 8.00. The molecule has 4 rings (SSSR count). The molecule has 1 aromatic carbocycles. The number of rotatable bonds is 3. The number of nitrogens with zero attached hydrogens (tertiary/aromatic N) is 5. The highest BCUT2D eigenvalue weighted by Crippen LogP contribution is 2.33. The van der Waals surface area contributed by atoms with Crippen molar-refractivity contribution in [2.24, 2.45) is 0 Å². The molecule has 140 valence electrons. The number of fused-ring (bicyclic) bond motifs is 1. The smallest absolute Gasteiger partial charge is 0.259 e. The van der Waals surface area contributed by atoms with Gasteiger partial charge in [0.15, 0.2) is 15.8 Å². The van der Waals surface area contributed by atoms with E-state index in [-0.39, 0.29) is 0 Å². The Hall–Kier alpha value is -2.33.